The Balaban J connectivity index is 2.88. The first-order valence-corrected chi connectivity index (χ1v) is 7.04. The summed E-state index contributed by atoms with van der Waals surface area (Å²) in [5.74, 6) is -0.825. The van der Waals surface area contributed by atoms with Gasteiger partial charge in [0.15, 0.2) is 9.84 Å². The van der Waals surface area contributed by atoms with Gasteiger partial charge in [-0.05, 0) is 25.0 Å². The fraction of sp³-hybridized carbons (Fsp3) is 0.545. The summed E-state index contributed by atoms with van der Waals surface area (Å²) in [6, 6.07) is 4.20. The van der Waals surface area contributed by atoms with Gasteiger partial charge in [0.1, 0.15) is 0 Å². The molecule has 0 fully saturated rings. The number of pyridine rings is 1. The van der Waals surface area contributed by atoms with Crippen LogP contribution >= 0.6 is 0 Å². The maximum absolute atomic E-state index is 12.8. The van der Waals surface area contributed by atoms with Crippen molar-refractivity contribution in [1.29, 1.82) is 0 Å². The number of halogens is 1. The van der Waals surface area contributed by atoms with Crippen molar-refractivity contribution >= 4 is 9.84 Å². The van der Waals surface area contributed by atoms with E-state index < -0.39 is 15.8 Å². The summed E-state index contributed by atoms with van der Waals surface area (Å²) in [5.41, 5.74) is 0.270. The Bertz CT molecular complexity index is 441. The van der Waals surface area contributed by atoms with Crippen LogP contribution in [0, 0.1) is 5.95 Å². The maximum atomic E-state index is 12.8. The van der Waals surface area contributed by atoms with Crippen molar-refractivity contribution in [2.75, 3.05) is 0 Å². The molecule has 5 heteroatoms. The molecule has 0 aliphatic carbocycles. The number of rotatable bonds is 5. The molecule has 0 aromatic carbocycles. The van der Waals surface area contributed by atoms with Crippen molar-refractivity contribution < 1.29 is 12.8 Å². The fourth-order valence-electron chi connectivity index (χ4n) is 1.65. The third-order valence-electron chi connectivity index (χ3n) is 2.54. The quantitative estimate of drug-likeness (QED) is 0.748. The molecule has 3 nitrogen and oxygen atoms in total. The molecule has 90 valence electrons. The van der Waals surface area contributed by atoms with E-state index in [1.54, 1.807) is 0 Å². The fourth-order valence-corrected chi connectivity index (χ4v) is 3.48. The molecule has 0 aliphatic rings. The second kappa shape index (κ2) is 5.39. The minimum absolute atomic E-state index is 0.183. The summed E-state index contributed by atoms with van der Waals surface area (Å²) in [7, 11) is -3.22. The highest BCUT2D eigenvalue weighted by molar-refractivity contribution is 7.91. The summed E-state index contributed by atoms with van der Waals surface area (Å²) in [5, 5.41) is -0.363. The van der Waals surface area contributed by atoms with E-state index in [2.05, 4.69) is 4.98 Å². The van der Waals surface area contributed by atoms with Crippen LogP contribution in [0.2, 0.25) is 0 Å². The third-order valence-corrected chi connectivity index (χ3v) is 4.92. The van der Waals surface area contributed by atoms with E-state index in [1.807, 2.05) is 13.8 Å². The highest BCUT2D eigenvalue weighted by atomic mass is 32.2. The van der Waals surface area contributed by atoms with Crippen molar-refractivity contribution in [2.45, 2.75) is 37.7 Å². The van der Waals surface area contributed by atoms with Gasteiger partial charge in [-0.2, -0.15) is 4.39 Å². The van der Waals surface area contributed by atoms with E-state index in [-0.39, 0.29) is 16.7 Å². The molecule has 0 saturated heterocycles. The summed E-state index contributed by atoms with van der Waals surface area (Å²) in [4.78, 5) is 3.56. The Hall–Kier alpha value is -0.970. The molecule has 0 atom stereocenters. The predicted molar refractivity (Wildman–Crippen MR) is 61.2 cm³/mol. The zero-order valence-corrected chi connectivity index (χ0v) is 10.3. The minimum Gasteiger partial charge on any atom is -0.228 e. The van der Waals surface area contributed by atoms with Gasteiger partial charge < -0.3 is 0 Å². The van der Waals surface area contributed by atoms with Gasteiger partial charge in [0, 0.05) is 0 Å². The van der Waals surface area contributed by atoms with Crippen LogP contribution in [0.15, 0.2) is 18.2 Å². The molecule has 0 spiro atoms. The van der Waals surface area contributed by atoms with Gasteiger partial charge in [-0.1, -0.05) is 19.9 Å². The van der Waals surface area contributed by atoms with Crippen LogP contribution in [0.3, 0.4) is 0 Å². The van der Waals surface area contributed by atoms with Crippen LogP contribution in [0.4, 0.5) is 4.39 Å². The van der Waals surface area contributed by atoms with Gasteiger partial charge in [-0.3, -0.25) is 0 Å². The van der Waals surface area contributed by atoms with Crippen LogP contribution < -0.4 is 0 Å². The lowest BCUT2D eigenvalue weighted by atomic mass is 10.3. The van der Waals surface area contributed by atoms with E-state index in [0.717, 1.165) is 0 Å². The molecule has 1 aromatic heterocycles. The van der Waals surface area contributed by atoms with Gasteiger partial charge in [0.05, 0.1) is 16.7 Å². The van der Waals surface area contributed by atoms with E-state index in [0.29, 0.717) is 12.8 Å². The van der Waals surface area contributed by atoms with Gasteiger partial charge in [-0.15, -0.1) is 0 Å². The highest BCUT2D eigenvalue weighted by Gasteiger charge is 2.22. The standard InChI is InChI=1S/C11H16FNO2S/c1-3-10(4-2)16(14,15)8-9-6-5-7-11(12)13-9/h5-7,10H,3-4,8H2,1-2H3. The van der Waals surface area contributed by atoms with E-state index in [1.165, 1.54) is 18.2 Å². The maximum Gasteiger partial charge on any atom is 0.213 e. The molecule has 0 saturated carbocycles. The first-order valence-electron chi connectivity index (χ1n) is 5.32. The lowest BCUT2D eigenvalue weighted by Crippen LogP contribution is -2.21. The third kappa shape index (κ3) is 3.27. The zero-order valence-electron chi connectivity index (χ0n) is 9.48. The van der Waals surface area contributed by atoms with E-state index in [9.17, 15) is 12.8 Å². The number of sulfone groups is 1. The van der Waals surface area contributed by atoms with Crippen molar-refractivity contribution in [2.24, 2.45) is 0 Å². The molecule has 0 unspecified atom stereocenters. The lowest BCUT2D eigenvalue weighted by Gasteiger charge is -2.13. The Morgan fingerprint density at radius 1 is 1.31 bits per heavy atom. The van der Waals surface area contributed by atoms with Crippen LogP contribution in [0.1, 0.15) is 32.4 Å². The molecular weight excluding hydrogens is 229 g/mol. The molecule has 0 bridgehead atoms. The van der Waals surface area contributed by atoms with Gasteiger partial charge in [0.25, 0.3) is 0 Å². The Morgan fingerprint density at radius 2 is 1.94 bits per heavy atom. The van der Waals surface area contributed by atoms with Crippen molar-refractivity contribution in [3.63, 3.8) is 0 Å². The van der Waals surface area contributed by atoms with E-state index in [4.69, 9.17) is 0 Å². The lowest BCUT2D eigenvalue weighted by molar-refractivity contribution is 0.564. The minimum atomic E-state index is -3.22. The van der Waals surface area contributed by atoms with E-state index >= 15 is 0 Å². The first-order chi connectivity index (χ1) is 7.49. The number of hydrogen-bond acceptors (Lipinski definition) is 3. The average molecular weight is 245 g/mol. The normalized spacial score (nSPS) is 12.0. The van der Waals surface area contributed by atoms with Gasteiger partial charge >= 0.3 is 0 Å². The first kappa shape index (κ1) is 13.1. The summed E-state index contributed by atoms with van der Waals surface area (Å²) in [6.45, 7) is 3.68. The molecule has 1 heterocycles. The molecular formula is C11H16FNO2S. The zero-order chi connectivity index (χ0) is 12.2. The van der Waals surface area contributed by atoms with Gasteiger partial charge in [0.2, 0.25) is 5.95 Å². The van der Waals surface area contributed by atoms with Crippen LogP contribution in [0.5, 0.6) is 0 Å². The van der Waals surface area contributed by atoms with Crippen molar-refractivity contribution in [3.8, 4) is 0 Å². The second-order valence-electron chi connectivity index (χ2n) is 3.70. The highest BCUT2D eigenvalue weighted by Crippen LogP contribution is 2.15. The number of aromatic nitrogens is 1. The number of nitrogens with zero attached hydrogens (tertiary/aromatic N) is 1. The van der Waals surface area contributed by atoms with Crippen LogP contribution in [-0.2, 0) is 15.6 Å². The Kier molecular flexibility index (Phi) is 4.41. The monoisotopic (exact) mass is 245 g/mol. The van der Waals surface area contributed by atoms with Gasteiger partial charge in [-0.25, -0.2) is 13.4 Å². The number of hydrogen-bond donors (Lipinski definition) is 0. The second-order valence-corrected chi connectivity index (χ2v) is 5.98. The SMILES string of the molecule is CCC(CC)S(=O)(=O)Cc1cccc(F)n1. The van der Waals surface area contributed by atoms with Crippen LogP contribution in [-0.4, -0.2) is 18.7 Å². The smallest absolute Gasteiger partial charge is 0.213 e. The summed E-state index contributed by atoms with van der Waals surface area (Å²) in [6.07, 6.45) is 1.16. The molecule has 0 amide bonds. The van der Waals surface area contributed by atoms with Crippen molar-refractivity contribution in [3.05, 3.63) is 29.8 Å². The predicted octanol–water partition coefficient (Wildman–Crippen LogP) is 2.32. The largest absolute Gasteiger partial charge is 0.228 e. The molecule has 0 radical (unpaired) electrons. The Morgan fingerprint density at radius 3 is 2.44 bits per heavy atom. The Labute approximate surface area is 95.6 Å². The van der Waals surface area contributed by atoms with Crippen molar-refractivity contribution in [1.82, 2.24) is 4.98 Å². The molecule has 16 heavy (non-hydrogen) atoms. The molecule has 1 rings (SSSR count). The topological polar surface area (TPSA) is 47.0 Å². The average Bonchev–Trinajstić information content (AvgIpc) is 2.18. The van der Waals surface area contributed by atoms with Crippen LogP contribution in [0.25, 0.3) is 0 Å². The molecule has 1 aromatic rings. The summed E-state index contributed by atoms with van der Waals surface area (Å²) < 4.78 is 36.6. The molecule has 0 N–H and O–H groups in total. The molecule has 0 aliphatic heterocycles. The summed E-state index contributed by atoms with van der Waals surface area (Å²) >= 11 is 0.